The zero-order valence-electron chi connectivity index (χ0n) is 9.94. The van der Waals surface area contributed by atoms with Gasteiger partial charge in [-0.3, -0.25) is 0 Å². The Labute approximate surface area is 104 Å². The van der Waals surface area contributed by atoms with Crippen molar-refractivity contribution in [2.45, 2.75) is 6.92 Å². The third-order valence-electron chi connectivity index (χ3n) is 2.83. The molecule has 0 bridgehead atoms. The molecule has 5 heteroatoms. The van der Waals surface area contributed by atoms with Crippen LogP contribution in [-0.2, 0) is 0 Å². The summed E-state index contributed by atoms with van der Waals surface area (Å²) in [7, 11) is 0. The van der Waals surface area contributed by atoms with E-state index in [9.17, 15) is 0 Å². The number of rotatable bonds is 1. The van der Waals surface area contributed by atoms with Gasteiger partial charge in [0.25, 0.3) is 0 Å². The maximum Gasteiger partial charge on any atom is 0.180 e. The predicted octanol–water partition coefficient (Wildman–Crippen LogP) is 2.10. The molecule has 5 N–H and O–H groups in total. The maximum absolute atomic E-state index is 5.97. The zero-order valence-corrected chi connectivity index (χ0v) is 9.94. The Bertz CT molecular complexity index is 729. The molecule has 0 unspecified atom stereocenters. The molecule has 18 heavy (non-hydrogen) atoms. The molecule has 3 rings (SSSR count). The SMILES string of the molecule is Cc1ccc(N)c(-c2nc3nc(N)ccc3[nH]2)c1. The number of anilines is 2. The van der Waals surface area contributed by atoms with Crippen molar-refractivity contribution in [3.63, 3.8) is 0 Å². The number of aromatic amines is 1. The second-order valence-electron chi connectivity index (χ2n) is 4.28. The lowest BCUT2D eigenvalue weighted by Gasteiger charge is -2.03. The van der Waals surface area contributed by atoms with Crippen LogP contribution in [0.1, 0.15) is 5.56 Å². The van der Waals surface area contributed by atoms with Crippen LogP contribution in [-0.4, -0.2) is 15.0 Å². The van der Waals surface area contributed by atoms with Gasteiger partial charge in [-0.25, -0.2) is 9.97 Å². The van der Waals surface area contributed by atoms with Crippen molar-refractivity contribution in [1.82, 2.24) is 15.0 Å². The minimum atomic E-state index is 0.456. The van der Waals surface area contributed by atoms with Crippen LogP contribution >= 0.6 is 0 Å². The minimum absolute atomic E-state index is 0.456. The lowest BCUT2D eigenvalue weighted by atomic mass is 10.1. The van der Waals surface area contributed by atoms with Crippen LogP contribution < -0.4 is 11.5 Å². The lowest BCUT2D eigenvalue weighted by Crippen LogP contribution is -1.92. The predicted molar refractivity (Wildman–Crippen MR) is 72.9 cm³/mol. The first kappa shape index (κ1) is 10.6. The van der Waals surface area contributed by atoms with Crippen LogP contribution in [0.2, 0.25) is 0 Å². The number of aromatic nitrogens is 3. The molecule has 0 spiro atoms. The van der Waals surface area contributed by atoms with Crippen LogP contribution in [0.3, 0.4) is 0 Å². The Kier molecular flexibility index (Phi) is 2.19. The molecular formula is C13H13N5. The van der Waals surface area contributed by atoms with Crippen LogP contribution in [0.4, 0.5) is 11.5 Å². The lowest BCUT2D eigenvalue weighted by molar-refractivity contribution is 1.30. The van der Waals surface area contributed by atoms with Crippen molar-refractivity contribution >= 4 is 22.7 Å². The fraction of sp³-hybridized carbons (Fsp3) is 0.0769. The van der Waals surface area contributed by atoms with Gasteiger partial charge in [0, 0.05) is 11.3 Å². The molecule has 3 aromatic rings. The molecule has 0 radical (unpaired) electrons. The van der Waals surface area contributed by atoms with Crippen molar-refractivity contribution in [3.8, 4) is 11.4 Å². The fourth-order valence-corrected chi connectivity index (χ4v) is 1.91. The van der Waals surface area contributed by atoms with E-state index in [4.69, 9.17) is 11.5 Å². The Morgan fingerprint density at radius 2 is 1.89 bits per heavy atom. The summed E-state index contributed by atoms with van der Waals surface area (Å²) in [6.45, 7) is 2.02. The minimum Gasteiger partial charge on any atom is -0.398 e. The van der Waals surface area contributed by atoms with E-state index in [-0.39, 0.29) is 0 Å². The Morgan fingerprint density at radius 3 is 2.72 bits per heavy atom. The number of nitrogen functional groups attached to an aromatic ring is 2. The number of H-pyrrole nitrogens is 1. The third-order valence-corrected chi connectivity index (χ3v) is 2.83. The largest absolute Gasteiger partial charge is 0.398 e. The normalized spacial score (nSPS) is 10.9. The van der Waals surface area contributed by atoms with Crippen LogP contribution in [0.15, 0.2) is 30.3 Å². The number of nitrogens with zero attached hydrogens (tertiary/aromatic N) is 2. The number of hydrogen-bond donors (Lipinski definition) is 3. The molecule has 1 aromatic carbocycles. The number of nitrogens with one attached hydrogen (secondary N) is 1. The second kappa shape index (κ2) is 3.73. The van der Waals surface area contributed by atoms with Gasteiger partial charge in [0.1, 0.15) is 11.6 Å². The maximum atomic E-state index is 5.97. The van der Waals surface area contributed by atoms with E-state index in [2.05, 4.69) is 15.0 Å². The Morgan fingerprint density at radius 1 is 1.06 bits per heavy atom. The van der Waals surface area contributed by atoms with Crippen molar-refractivity contribution in [2.75, 3.05) is 11.5 Å². The fourth-order valence-electron chi connectivity index (χ4n) is 1.91. The van der Waals surface area contributed by atoms with Gasteiger partial charge in [0.15, 0.2) is 5.65 Å². The highest BCUT2D eigenvalue weighted by Gasteiger charge is 2.09. The first-order chi connectivity index (χ1) is 8.63. The monoisotopic (exact) mass is 239 g/mol. The quantitative estimate of drug-likeness (QED) is 0.567. The van der Waals surface area contributed by atoms with Gasteiger partial charge >= 0.3 is 0 Å². The molecule has 0 saturated carbocycles. The molecule has 2 heterocycles. The van der Waals surface area contributed by atoms with E-state index < -0.39 is 0 Å². The Balaban J connectivity index is 2.22. The summed E-state index contributed by atoms with van der Waals surface area (Å²) in [5.74, 6) is 1.17. The second-order valence-corrected chi connectivity index (χ2v) is 4.28. The summed E-state index contributed by atoms with van der Waals surface area (Å²) >= 11 is 0. The number of aryl methyl sites for hydroxylation is 1. The van der Waals surface area contributed by atoms with Gasteiger partial charge in [0.2, 0.25) is 0 Å². The Hall–Kier alpha value is -2.56. The summed E-state index contributed by atoms with van der Waals surface area (Å²) in [6, 6.07) is 9.44. The number of nitrogens with two attached hydrogens (primary N) is 2. The summed E-state index contributed by atoms with van der Waals surface area (Å²) in [6.07, 6.45) is 0. The van der Waals surface area contributed by atoms with Gasteiger partial charge in [-0.2, -0.15) is 0 Å². The van der Waals surface area contributed by atoms with E-state index in [1.54, 1.807) is 6.07 Å². The molecule has 90 valence electrons. The number of benzene rings is 1. The summed E-state index contributed by atoms with van der Waals surface area (Å²) in [5, 5.41) is 0. The molecule has 0 aliphatic carbocycles. The molecule has 0 atom stereocenters. The van der Waals surface area contributed by atoms with Gasteiger partial charge < -0.3 is 16.5 Å². The molecule has 0 saturated heterocycles. The van der Waals surface area contributed by atoms with E-state index in [0.29, 0.717) is 23.0 Å². The third kappa shape index (κ3) is 1.66. The zero-order chi connectivity index (χ0) is 12.7. The summed E-state index contributed by atoms with van der Waals surface area (Å²) in [5.41, 5.74) is 15.8. The van der Waals surface area contributed by atoms with Crippen molar-refractivity contribution in [2.24, 2.45) is 0 Å². The standard InChI is InChI=1S/C13H13N5/c1-7-2-3-9(14)8(6-7)12-16-10-4-5-11(15)17-13(10)18-12/h2-6H,14H2,1H3,(H3,15,16,17,18). The van der Waals surface area contributed by atoms with Crippen molar-refractivity contribution in [3.05, 3.63) is 35.9 Å². The number of hydrogen-bond acceptors (Lipinski definition) is 4. The first-order valence-electron chi connectivity index (χ1n) is 5.62. The smallest absolute Gasteiger partial charge is 0.180 e. The van der Waals surface area contributed by atoms with Crippen LogP contribution in [0, 0.1) is 6.92 Å². The van der Waals surface area contributed by atoms with Crippen LogP contribution in [0.25, 0.3) is 22.6 Å². The summed E-state index contributed by atoms with van der Waals surface area (Å²) in [4.78, 5) is 11.8. The molecular weight excluding hydrogens is 226 g/mol. The average molecular weight is 239 g/mol. The highest BCUT2D eigenvalue weighted by Crippen LogP contribution is 2.26. The topological polar surface area (TPSA) is 93.6 Å². The molecule has 5 nitrogen and oxygen atoms in total. The van der Waals surface area contributed by atoms with Gasteiger partial charge in [-0.15, -0.1) is 0 Å². The molecule has 0 fully saturated rings. The number of pyridine rings is 1. The molecule has 0 aliphatic heterocycles. The van der Waals surface area contributed by atoms with E-state index >= 15 is 0 Å². The average Bonchev–Trinajstić information content (AvgIpc) is 2.74. The molecule has 2 aromatic heterocycles. The molecule has 0 aliphatic rings. The van der Waals surface area contributed by atoms with Crippen LogP contribution in [0.5, 0.6) is 0 Å². The highest BCUT2D eigenvalue weighted by molar-refractivity contribution is 5.81. The van der Waals surface area contributed by atoms with E-state index in [1.807, 2.05) is 31.2 Å². The van der Waals surface area contributed by atoms with E-state index in [1.165, 1.54) is 0 Å². The number of fused-ring (bicyclic) bond motifs is 1. The highest BCUT2D eigenvalue weighted by atomic mass is 15.0. The van der Waals surface area contributed by atoms with Gasteiger partial charge in [-0.1, -0.05) is 11.6 Å². The van der Waals surface area contributed by atoms with Crippen molar-refractivity contribution < 1.29 is 0 Å². The summed E-state index contributed by atoms with van der Waals surface area (Å²) < 4.78 is 0. The van der Waals surface area contributed by atoms with Crippen molar-refractivity contribution in [1.29, 1.82) is 0 Å². The first-order valence-corrected chi connectivity index (χ1v) is 5.62. The van der Waals surface area contributed by atoms with E-state index in [0.717, 1.165) is 16.6 Å². The molecule has 0 amide bonds. The number of imidazole rings is 1. The van der Waals surface area contributed by atoms with Gasteiger partial charge in [-0.05, 0) is 31.2 Å². The van der Waals surface area contributed by atoms with Gasteiger partial charge in [0.05, 0.1) is 5.52 Å².